The zero-order chi connectivity index (χ0) is 16.9. The Kier molecular flexibility index (Phi) is 9.53. The van der Waals surface area contributed by atoms with Crippen LogP contribution in [0.15, 0.2) is 11.8 Å². The summed E-state index contributed by atoms with van der Waals surface area (Å²) in [7, 11) is 0. The number of nitriles is 1. The number of rotatable bonds is 9. The fraction of sp³-hybridized carbons (Fsp3) is 0.706. The summed E-state index contributed by atoms with van der Waals surface area (Å²) < 4.78 is 0. The molecule has 0 atom stereocenters. The summed E-state index contributed by atoms with van der Waals surface area (Å²) in [4.78, 5) is 22.3. The maximum absolute atomic E-state index is 11.9. The molecule has 1 saturated carbocycles. The molecule has 0 radical (unpaired) electrons. The molecule has 128 valence electrons. The van der Waals surface area contributed by atoms with Crippen molar-refractivity contribution in [2.45, 2.75) is 70.3 Å². The van der Waals surface area contributed by atoms with Crippen LogP contribution in [0.25, 0.3) is 0 Å². The number of nitrogens with zero attached hydrogens (tertiary/aromatic N) is 1. The Bertz CT molecular complexity index is 446. The van der Waals surface area contributed by atoms with Gasteiger partial charge >= 0.3 is 5.97 Å². The summed E-state index contributed by atoms with van der Waals surface area (Å²) in [5.74, 6) is -1.17. The van der Waals surface area contributed by atoms with Crippen molar-refractivity contribution in [3.63, 3.8) is 0 Å². The van der Waals surface area contributed by atoms with E-state index in [-0.39, 0.29) is 17.9 Å². The molecule has 6 nitrogen and oxygen atoms in total. The van der Waals surface area contributed by atoms with Crippen molar-refractivity contribution in [2.75, 3.05) is 6.54 Å². The van der Waals surface area contributed by atoms with Gasteiger partial charge in [-0.2, -0.15) is 5.26 Å². The van der Waals surface area contributed by atoms with E-state index in [1.807, 2.05) is 6.07 Å². The van der Waals surface area contributed by atoms with Crippen molar-refractivity contribution < 1.29 is 14.7 Å². The fourth-order valence-corrected chi connectivity index (χ4v) is 2.67. The molecule has 23 heavy (non-hydrogen) atoms. The van der Waals surface area contributed by atoms with Gasteiger partial charge in [0.1, 0.15) is 11.6 Å². The predicted octanol–water partition coefficient (Wildman–Crippen LogP) is 2.47. The summed E-state index contributed by atoms with van der Waals surface area (Å²) in [5, 5.41) is 23.5. The summed E-state index contributed by atoms with van der Waals surface area (Å²) in [6, 6.07) is 2.28. The molecule has 0 bridgehead atoms. The molecule has 0 aromatic carbocycles. The number of carboxylic acids is 1. The van der Waals surface area contributed by atoms with Gasteiger partial charge in [-0.15, -0.1) is 0 Å². The van der Waals surface area contributed by atoms with Crippen LogP contribution >= 0.6 is 0 Å². The van der Waals surface area contributed by atoms with E-state index in [0.29, 0.717) is 25.4 Å². The largest absolute Gasteiger partial charge is 0.481 e. The number of carbonyl (C=O) groups excluding carboxylic acids is 1. The lowest BCUT2D eigenvalue weighted by Gasteiger charge is -2.14. The molecular weight excluding hydrogens is 294 g/mol. The van der Waals surface area contributed by atoms with Crippen LogP contribution in [0.1, 0.15) is 64.2 Å². The Balaban J connectivity index is 2.26. The molecule has 0 spiro atoms. The standard InChI is InChI=1S/C17H27N3O3/c18-12-14(13-20-15-8-4-1-2-5-9-15)17(23)19-11-7-3-6-10-16(21)22/h13,15,20H,1-11H2,(H,19,23)(H,21,22)/b14-13-. The molecule has 0 aromatic heterocycles. The van der Waals surface area contributed by atoms with Crippen molar-refractivity contribution >= 4 is 11.9 Å². The van der Waals surface area contributed by atoms with Gasteiger partial charge in [-0.3, -0.25) is 9.59 Å². The molecule has 0 aliphatic heterocycles. The number of carbonyl (C=O) groups is 2. The van der Waals surface area contributed by atoms with Crippen LogP contribution in [0.5, 0.6) is 0 Å². The lowest BCUT2D eigenvalue weighted by atomic mass is 10.1. The van der Waals surface area contributed by atoms with Gasteiger partial charge in [-0.05, 0) is 25.7 Å². The van der Waals surface area contributed by atoms with E-state index < -0.39 is 5.97 Å². The second-order valence-electron chi connectivity index (χ2n) is 5.99. The average Bonchev–Trinajstić information content (AvgIpc) is 2.80. The Morgan fingerprint density at radius 2 is 1.83 bits per heavy atom. The minimum atomic E-state index is -0.798. The Hall–Kier alpha value is -2.03. The lowest BCUT2D eigenvalue weighted by molar-refractivity contribution is -0.137. The normalized spacial score (nSPS) is 16.2. The van der Waals surface area contributed by atoms with Crippen LogP contribution < -0.4 is 10.6 Å². The molecule has 1 aliphatic rings. The van der Waals surface area contributed by atoms with E-state index in [9.17, 15) is 9.59 Å². The molecule has 0 saturated heterocycles. The number of aliphatic carboxylic acids is 1. The van der Waals surface area contributed by atoms with E-state index in [2.05, 4.69) is 10.6 Å². The first-order valence-electron chi connectivity index (χ1n) is 8.50. The molecule has 0 heterocycles. The van der Waals surface area contributed by atoms with Crippen LogP contribution in [-0.2, 0) is 9.59 Å². The average molecular weight is 321 g/mol. The second-order valence-corrected chi connectivity index (χ2v) is 5.99. The maximum atomic E-state index is 11.9. The minimum absolute atomic E-state index is 0.0970. The van der Waals surface area contributed by atoms with Crippen LogP contribution in [0, 0.1) is 11.3 Å². The molecule has 6 heteroatoms. The summed E-state index contributed by atoms with van der Waals surface area (Å²) in [6.45, 7) is 0.459. The number of nitrogens with one attached hydrogen (secondary N) is 2. The molecule has 0 unspecified atom stereocenters. The third-order valence-corrected chi connectivity index (χ3v) is 4.04. The molecular formula is C17H27N3O3. The van der Waals surface area contributed by atoms with Crippen molar-refractivity contribution in [3.05, 3.63) is 11.8 Å². The van der Waals surface area contributed by atoms with Crippen molar-refractivity contribution in [1.29, 1.82) is 5.26 Å². The van der Waals surface area contributed by atoms with Crippen LogP contribution in [-0.4, -0.2) is 29.6 Å². The first-order valence-corrected chi connectivity index (χ1v) is 8.50. The molecule has 1 aliphatic carbocycles. The topological polar surface area (TPSA) is 102 Å². The van der Waals surface area contributed by atoms with Crippen LogP contribution in [0.4, 0.5) is 0 Å². The van der Waals surface area contributed by atoms with E-state index >= 15 is 0 Å². The highest BCUT2D eigenvalue weighted by atomic mass is 16.4. The highest BCUT2D eigenvalue weighted by molar-refractivity contribution is 5.97. The molecule has 1 rings (SSSR count). The summed E-state index contributed by atoms with van der Waals surface area (Å²) in [6.07, 6.45) is 10.8. The summed E-state index contributed by atoms with van der Waals surface area (Å²) in [5.41, 5.74) is 0.0970. The zero-order valence-corrected chi connectivity index (χ0v) is 13.6. The zero-order valence-electron chi connectivity index (χ0n) is 13.6. The second kappa shape index (κ2) is 11.5. The SMILES string of the molecule is N#C/C(=C/NC1CCCCCC1)C(=O)NCCCCCC(=O)O. The predicted molar refractivity (Wildman–Crippen MR) is 87.4 cm³/mol. The van der Waals surface area contributed by atoms with E-state index in [0.717, 1.165) is 19.3 Å². The molecule has 1 fully saturated rings. The van der Waals surface area contributed by atoms with E-state index in [1.54, 1.807) is 0 Å². The summed E-state index contributed by atoms with van der Waals surface area (Å²) >= 11 is 0. The highest BCUT2D eigenvalue weighted by Gasteiger charge is 2.12. The fourth-order valence-electron chi connectivity index (χ4n) is 2.67. The number of amides is 1. The van der Waals surface area contributed by atoms with E-state index in [1.165, 1.54) is 31.9 Å². The minimum Gasteiger partial charge on any atom is -0.481 e. The number of carboxylic acid groups (broad SMARTS) is 1. The smallest absolute Gasteiger partial charge is 0.303 e. The first kappa shape index (κ1) is 19.0. The van der Waals surface area contributed by atoms with Gasteiger partial charge in [-0.25, -0.2) is 0 Å². The van der Waals surface area contributed by atoms with Crippen molar-refractivity contribution in [2.24, 2.45) is 0 Å². The van der Waals surface area contributed by atoms with Gasteiger partial charge in [0, 0.05) is 25.2 Å². The van der Waals surface area contributed by atoms with Gasteiger partial charge in [0.05, 0.1) is 0 Å². The third kappa shape index (κ3) is 8.87. The number of hydrogen-bond acceptors (Lipinski definition) is 4. The molecule has 3 N–H and O–H groups in total. The van der Waals surface area contributed by atoms with Crippen LogP contribution in [0.3, 0.4) is 0 Å². The molecule has 0 aromatic rings. The van der Waals surface area contributed by atoms with Gasteiger partial charge in [0.2, 0.25) is 0 Å². The lowest BCUT2D eigenvalue weighted by Crippen LogP contribution is -2.29. The first-order chi connectivity index (χ1) is 11.1. The van der Waals surface area contributed by atoms with Crippen LogP contribution in [0.2, 0.25) is 0 Å². The van der Waals surface area contributed by atoms with E-state index in [4.69, 9.17) is 10.4 Å². The number of unbranched alkanes of at least 4 members (excludes halogenated alkanes) is 2. The number of hydrogen-bond donors (Lipinski definition) is 3. The monoisotopic (exact) mass is 321 g/mol. The maximum Gasteiger partial charge on any atom is 0.303 e. The third-order valence-electron chi connectivity index (χ3n) is 4.04. The van der Waals surface area contributed by atoms with Gasteiger partial charge < -0.3 is 15.7 Å². The Morgan fingerprint density at radius 3 is 2.43 bits per heavy atom. The van der Waals surface area contributed by atoms with Gasteiger partial charge in [0.15, 0.2) is 0 Å². The van der Waals surface area contributed by atoms with Crippen molar-refractivity contribution in [3.8, 4) is 6.07 Å². The Morgan fingerprint density at radius 1 is 1.13 bits per heavy atom. The van der Waals surface area contributed by atoms with Gasteiger partial charge in [-0.1, -0.05) is 32.1 Å². The van der Waals surface area contributed by atoms with Crippen molar-refractivity contribution in [1.82, 2.24) is 10.6 Å². The van der Waals surface area contributed by atoms with Gasteiger partial charge in [0.25, 0.3) is 5.91 Å². The molecule has 1 amide bonds. The highest BCUT2D eigenvalue weighted by Crippen LogP contribution is 2.17. The quantitative estimate of drug-likeness (QED) is 0.262. The Labute approximate surface area is 137 Å².